The topological polar surface area (TPSA) is 24.1 Å². The standard InChI is InChI=1S/C15H20N2S/c1-2-8-14(9-3-1)15(10-4-5-11-15)18-16-12-6-7-13-17-18/h1-3,6-9,12-13,16-18H,4-5,10-11H2. The average molecular weight is 260 g/mol. The molecule has 0 unspecified atom stereocenters. The maximum atomic E-state index is 3.57. The molecule has 3 heteroatoms. The Hall–Kier alpha value is -1.35. The Kier molecular flexibility index (Phi) is 3.33. The highest BCUT2D eigenvalue weighted by molar-refractivity contribution is 8.14. The van der Waals surface area contributed by atoms with Crippen molar-refractivity contribution >= 4 is 11.3 Å². The quantitative estimate of drug-likeness (QED) is 0.709. The number of allylic oxidation sites excluding steroid dienone is 2. The van der Waals surface area contributed by atoms with Gasteiger partial charge in [0, 0.05) is 12.4 Å². The van der Waals surface area contributed by atoms with Gasteiger partial charge in [-0.1, -0.05) is 54.4 Å². The highest BCUT2D eigenvalue weighted by Crippen LogP contribution is 2.54. The zero-order chi connectivity index (χ0) is 12.3. The van der Waals surface area contributed by atoms with Crippen LogP contribution in [0.4, 0.5) is 0 Å². The first-order valence-electron chi connectivity index (χ1n) is 6.62. The summed E-state index contributed by atoms with van der Waals surface area (Å²) in [6.07, 6.45) is 13.5. The molecule has 1 aromatic rings. The lowest BCUT2D eigenvalue weighted by Gasteiger charge is -2.41. The Morgan fingerprint density at radius 2 is 1.50 bits per heavy atom. The Balaban J connectivity index is 1.96. The Morgan fingerprint density at radius 3 is 2.11 bits per heavy atom. The van der Waals surface area contributed by atoms with E-state index < -0.39 is 11.3 Å². The first-order valence-corrected chi connectivity index (χ1v) is 7.96. The van der Waals surface area contributed by atoms with Crippen LogP contribution in [0.3, 0.4) is 0 Å². The molecule has 1 aromatic carbocycles. The third-order valence-electron chi connectivity index (χ3n) is 3.88. The summed E-state index contributed by atoms with van der Waals surface area (Å²) in [5, 5.41) is 0. The zero-order valence-corrected chi connectivity index (χ0v) is 11.4. The second kappa shape index (κ2) is 5.11. The first-order chi connectivity index (χ1) is 8.92. The first kappa shape index (κ1) is 11.7. The minimum Gasteiger partial charge on any atom is -0.340 e. The van der Waals surface area contributed by atoms with Gasteiger partial charge in [-0.3, -0.25) is 0 Å². The van der Waals surface area contributed by atoms with Crippen LogP contribution in [0.5, 0.6) is 0 Å². The summed E-state index contributed by atoms with van der Waals surface area (Å²) in [5.74, 6) is 0. The fourth-order valence-corrected chi connectivity index (χ4v) is 5.19. The number of hydrogen-bond acceptors (Lipinski definition) is 2. The number of benzene rings is 1. The summed E-state index contributed by atoms with van der Waals surface area (Å²) in [4.78, 5) is 0. The monoisotopic (exact) mass is 260 g/mol. The van der Waals surface area contributed by atoms with Crippen molar-refractivity contribution in [1.82, 2.24) is 9.44 Å². The molecule has 1 fully saturated rings. The molecule has 2 nitrogen and oxygen atoms in total. The molecule has 0 bridgehead atoms. The van der Waals surface area contributed by atoms with E-state index in [0.717, 1.165) is 0 Å². The summed E-state index contributed by atoms with van der Waals surface area (Å²) >= 11 is -0.434. The van der Waals surface area contributed by atoms with Crippen molar-refractivity contribution in [3.05, 3.63) is 60.4 Å². The molecule has 0 amide bonds. The summed E-state index contributed by atoms with van der Waals surface area (Å²) in [6, 6.07) is 11.0. The lowest BCUT2D eigenvalue weighted by atomic mass is 9.97. The van der Waals surface area contributed by atoms with Gasteiger partial charge < -0.3 is 9.44 Å². The second-order valence-corrected chi connectivity index (χ2v) is 6.96. The maximum absolute atomic E-state index is 3.57. The molecule has 1 saturated carbocycles. The van der Waals surface area contributed by atoms with Crippen LogP contribution in [-0.4, -0.2) is 0 Å². The lowest BCUT2D eigenvalue weighted by Crippen LogP contribution is -2.33. The Morgan fingerprint density at radius 1 is 0.889 bits per heavy atom. The molecule has 0 aromatic heterocycles. The normalized spacial score (nSPS) is 23.2. The van der Waals surface area contributed by atoms with Crippen molar-refractivity contribution in [2.75, 3.05) is 0 Å². The molecule has 0 atom stereocenters. The zero-order valence-electron chi connectivity index (χ0n) is 10.5. The molecule has 3 rings (SSSR count). The van der Waals surface area contributed by atoms with Crippen molar-refractivity contribution < 1.29 is 0 Å². The number of hydrogen-bond donors (Lipinski definition) is 3. The van der Waals surface area contributed by atoms with Crippen LogP contribution < -0.4 is 9.44 Å². The highest BCUT2D eigenvalue weighted by Gasteiger charge is 2.40. The average Bonchev–Trinajstić information content (AvgIpc) is 2.77. The van der Waals surface area contributed by atoms with Crippen LogP contribution in [0.1, 0.15) is 31.2 Å². The van der Waals surface area contributed by atoms with Crippen LogP contribution in [0.25, 0.3) is 0 Å². The fraction of sp³-hybridized carbons (Fsp3) is 0.333. The SMILES string of the molecule is C1=CN[SH](C2(c3ccccc3)CCCC2)NC=C1. The van der Waals surface area contributed by atoms with Crippen LogP contribution in [0, 0.1) is 0 Å². The third kappa shape index (κ3) is 2.03. The Bertz CT molecular complexity index is 433. The van der Waals surface area contributed by atoms with Crippen molar-refractivity contribution in [1.29, 1.82) is 0 Å². The number of nitrogens with one attached hydrogen (secondary N) is 2. The summed E-state index contributed by atoms with van der Waals surface area (Å²) in [5.41, 5.74) is 1.48. The molecule has 0 saturated heterocycles. The van der Waals surface area contributed by atoms with Gasteiger partial charge in [0.25, 0.3) is 0 Å². The van der Waals surface area contributed by atoms with E-state index in [4.69, 9.17) is 0 Å². The minimum absolute atomic E-state index is 0.287. The van der Waals surface area contributed by atoms with Crippen LogP contribution >= 0.6 is 11.3 Å². The molecule has 0 radical (unpaired) electrons. The van der Waals surface area contributed by atoms with Gasteiger partial charge in [-0.25, -0.2) is 0 Å². The summed E-state index contributed by atoms with van der Waals surface area (Å²) in [7, 11) is 0. The van der Waals surface area contributed by atoms with E-state index in [9.17, 15) is 0 Å². The molecule has 1 aliphatic carbocycles. The molecular weight excluding hydrogens is 240 g/mol. The third-order valence-corrected chi connectivity index (χ3v) is 6.26. The predicted octanol–water partition coefficient (Wildman–Crippen LogP) is 3.51. The van der Waals surface area contributed by atoms with Crippen molar-refractivity contribution in [3.63, 3.8) is 0 Å². The summed E-state index contributed by atoms with van der Waals surface area (Å²) in [6.45, 7) is 0. The van der Waals surface area contributed by atoms with Gasteiger partial charge in [-0.2, -0.15) is 0 Å². The van der Waals surface area contributed by atoms with Gasteiger partial charge in [0.2, 0.25) is 0 Å². The van der Waals surface area contributed by atoms with E-state index >= 15 is 0 Å². The second-order valence-electron chi connectivity index (χ2n) is 4.92. The van der Waals surface area contributed by atoms with E-state index in [1.54, 1.807) is 0 Å². The number of thiol groups is 1. The Labute approximate surface area is 112 Å². The summed E-state index contributed by atoms with van der Waals surface area (Å²) < 4.78 is 7.43. The van der Waals surface area contributed by atoms with Gasteiger partial charge in [0.15, 0.2) is 0 Å². The van der Waals surface area contributed by atoms with E-state index in [1.165, 1.54) is 31.2 Å². The molecule has 1 aliphatic heterocycles. The van der Waals surface area contributed by atoms with E-state index in [0.29, 0.717) is 0 Å². The molecule has 0 spiro atoms. The van der Waals surface area contributed by atoms with Crippen LogP contribution in [0.2, 0.25) is 0 Å². The molecular formula is C15H20N2S. The smallest absolute Gasteiger partial charge is 0.0550 e. The molecule has 96 valence electrons. The van der Waals surface area contributed by atoms with Gasteiger partial charge in [0.1, 0.15) is 0 Å². The maximum Gasteiger partial charge on any atom is 0.0550 e. The van der Waals surface area contributed by atoms with Crippen molar-refractivity contribution in [2.45, 2.75) is 30.4 Å². The van der Waals surface area contributed by atoms with Crippen molar-refractivity contribution in [2.24, 2.45) is 0 Å². The van der Waals surface area contributed by atoms with Gasteiger partial charge >= 0.3 is 0 Å². The molecule has 2 N–H and O–H groups in total. The van der Waals surface area contributed by atoms with E-state index in [-0.39, 0.29) is 4.75 Å². The molecule has 2 aliphatic rings. The minimum atomic E-state index is -0.434. The van der Waals surface area contributed by atoms with Crippen LogP contribution in [0.15, 0.2) is 54.9 Å². The lowest BCUT2D eigenvalue weighted by molar-refractivity contribution is 0.638. The number of rotatable bonds is 2. The van der Waals surface area contributed by atoms with Gasteiger partial charge in [-0.15, -0.1) is 0 Å². The van der Waals surface area contributed by atoms with Crippen LogP contribution in [-0.2, 0) is 4.75 Å². The van der Waals surface area contributed by atoms with Gasteiger partial charge in [-0.05, 0) is 30.6 Å². The molecule has 18 heavy (non-hydrogen) atoms. The van der Waals surface area contributed by atoms with E-state index in [2.05, 4.69) is 64.3 Å². The molecule has 1 heterocycles. The fourth-order valence-electron chi connectivity index (χ4n) is 2.98. The van der Waals surface area contributed by atoms with E-state index in [1.807, 2.05) is 0 Å². The highest BCUT2D eigenvalue weighted by atomic mass is 32.2. The van der Waals surface area contributed by atoms with Crippen molar-refractivity contribution in [3.8, 4) is 0 Å². The predicted molar refractivity (Wildman–Crippen MR) is 80.1 cm³/mol. The van der Waals surface area contributed by atoms with Gasteiger partial charge in [0.05, 0.1) is 4.75 Å². The largest absolute Gasteiger partial charge is 0.340 e.